The SMILES string of the molecule is COc1ccc(OCCC[NH+]2CCN(S(=O)(=O)c3ccccc3)CC2)cc1. The molecule has 2 aromatic rings. The van der Waals surface area contributed by atoms with Crippen molar-refractivity contribution in [3.05, 3.63) is 54.6 Å². The highest BCUT2D eigenvalue weighted by atomic mass is 32.2. The lowest BCUT2D eigenvalue weighted by molar-refractivity contribution is -0.903. The molecular weight excluding hydrogens is 364 g/mol. The number of nitrogens with zero attached hydrogens (tertiary/aromatic N) is 1. The highest BCUT2D eigenvalue weighted by Gasteiger charge is 2.29. The number of hydrogen-bond acceptors (Lipinski definition) is 4. The van der Waals surface area contributed by atoms with Gasteiger partial charge in [-0.1, -0.05) is 18.2 Å². The van der Waals surface area contributed by atoms with Gasteiger partial charge in [0.05, 0.1) is 51.3 Å². The van der Waals surface area contributed by atoms with E-state index in [4.69, 9.17) is 9.47 Å². The second-order valence-electron chi connectivity index (χ2n) is 6.59. The highest BCUT2D eigenvalue weighted by Crippen LogP contribution is 2.17. The molecular formula is C20H27N2O4S+. The van der Waals surface area contributed by atoms with Crippen LogP contribution in [-0.2, 0) is 10.0 Å². The molecule has 1 N–H and O–H groups in total. The van der Waals surface area contributed by atoms with Gasteiger partial charge in [0, 0.05) is 6.42 Å². The lowest BCUT2D eigenvalue weighted by atomic mass is 10.3. The maximum absolute atomic E-state index is 12.6. The van der Waals surface area contributed by atoms with Crippen LogP contribution in [0.5, 0.6) is 11.5 Å². The van der Waals surface area contributed by atoms with Crippen LogP contribution >= 0.6 is 0 Å². The van der Waals surface area contributed by atoms with E-state index in [1.54, 1.807) is 35.7 Å². The molecule has 1 heterocycles. The summed E-state index contributed by atoms with van der Waals surface area (Å²) in [6.45, 7) is 4.41. The van der Waals surface area contributed by atoms with E-state index in [9.17, 15) is 8.42 Å². The second kappa shape index (κ2) is 9.21. The maximum atomic E-state index is 12.6. The average Bonchev–Trinajstić information content (AvgIpc) is 2.72. The van der Waals surface area contributed by atoms with Crippen molar-refractivity contribution in [2.24, 2.45) is 0 Å². The molecule has 7 heteroatoms. The van der Waals surface area contributed by atoms with Crippen molar-refractivity contribution in [3.8, 4) is 11.5 Å². The van der Waals surface area contributed by atoms with Crippen LogP contribution in [0, 0.1) is 0 Å². The van der Waals surface area contributed by atoms with Gasteiger partial charge < -0.3 is 14.4 Å². The minimum absolute atomic E-state index is 0.376. The molecule has 0 atom stereocenters. The lowest BCUT2D eigenvalue weighted by Gasteiger charge is -2.31. The molecule has 1 saturated heterocycles. The van der Waals surface area contributed by atoms with E-state index in [-0.39, 0.29) is 0 Å². The monoisotopic (exact) mass is 391 g/mol. The van der Waals surface area contributed by atoms with E-state index in [0.29, 0.717) is 24.6 Å². The first-order valence-corrected chi connectivity index (χ1v) is 10.7. The number of quaternary nitrogens is 1. The summed E-state index contributed by atoms with van der Waals surface area (Å²) >= 11 is 0. The molecule has 0 saturated carbocycles. The van der Waals surface area contributed by atoms with E-state index in [2.05, 4.69) is 0 Å². The molecule has 27 heavy (non-hydrogen) atoms. The highest BCUT2D eigenvalue weighted by molar-refractivity contribution is 7.89. The summed E-state index contributed by atoms with van der Waals surface area (Å²) in [5.41, 5.74) is 0. The van der Waals surface area contributed by atoms with E-state index in [0.717, 1.165) is 37.6 Å². The van der Waals surface area contributed by atoms with Crippen LogP contribution in [0.3, 0.4) is 0 Å². The molecule has 0 aromatic heterocycles. The number of hydrogen-bond donors (Lipinski definition) is 1. The third-order valence-electron chi connectivity index (χ3n) is 4.81. The summed E-state index contributed by atoms with van der Waals surface area (Å²) in [6, 6.07) is 16.2. The summed E-state index contributed by atoms with van der Waals surface area (Å²) in [5, 5.41) is 0. The van der Waals surface area contributed by atoms with Gasteiger partial charge in [0.1, 0.15) is 11.5 Å². The van der Waals surface area contributed by atoms with Crippen LogP contribution in [0.2, 0.25) is 0 Å². The molecule has 1 aliphatic rings. The zero-order valence-electron chi connectivity index (χ0n) is 15.6. The Morgan fingerprint density at radius 2 is 1.59 bits per heavy atom. The second-order valence-corrected chi connectivity index (χ2v) is 8.53. The minimum atomic E-state index is -3.37. The molecule has 0 amide bonds. The zero-order chi connectivity index (χ0) is 19.1. The van der Waals surface area contributed by atoms with Crippen molar-refractivity contribution in [2.45, 2.75) is 11.3 Å². The van der Waals surface area contributed by atoms with Gasteiger partial charge in [-0.3, -0.25) is 0 Å². The van der Waals surface area contributed by atoms with E-state index in [1.165, 1.54) is 4.90 Å². The van der Waals surface area contributed by atoms with E-state index >= 15 is 0 Å². The molecule has 6 nitrogen and oxygen atoms in total. The third kappa shape index (κ3) is 5.22. The Kier molecular flexibility index (Phi) is 6.71. The molecule has 1 fully saturated rings. The topological polar surface area (TPSA) is 60.3 Å². The fourth-order valence-corrected chi connectivity index (χ4v) is 4.68. The van der Waals surface area contributed by atoms with Gasteiger partial charge in [-0.05, 0) is 36.4 Å². The van der Waals surface area contributed by atoms with Gasteiger partial charge in [0.2, 0.25) is 10.0 Å². The Bertz CT molecular complexity index is 802. The summed E-state index contributed by atoms with van der Waals surface area (Å²) in [7, 11) is -1.73. The van der Waals surface area contributed by atoms with Crippen LogP contribution in [0.4, 0.5) is 0 Å². The lowest BCUT2D eigenvalue weighted by Crippen LogP contribution is -3.14. The summed E-state index contributed by atoms with van der Waals surface area (Å²) in [4.78, 5) is 1.80. The number of benzene rings is 2. The van der Waals surface area contributed by atoms with Crippen LogP contribution in [0.25, 0.3) is 0 Å². The van der Waals surface area contributed by atoms with Crippen LogP contribution in [0.1, 0.15) is 6.42 Å². The molecule has 2 aromatic carbocycles. The molecule has 146 valence electrons. The van der Waals surface area contributed by atoms with Crippen molar-refractivity contribution in [3.63, 3.8) is 0 Å². The number of sulfonamides is 1. The molecule has 0 aliphatic carbocycles. The van der Waals surface area contributed by atoms with Crippen molar-refractivity contribution >= 4 is 10.0 Å². The van der Waals surface area contributed by atoms with Gasteiger partial charge in [-0.25, -0.2) is 8.42 Å². The van der Waals surface area contributed by atoms with Crippen LogP contribution in [-0.4, -0.2) is 59.2 Å². The van der Waals surface area contributed by atoms with Gasteiger partial charge in [0.25, 0.3) is 0 Å². The predicted octanol–water partition coefficient (Wildman–Crippen LogP) is 1.05. The summed E-state index contributed by atoms with van der Waals surface area (Å²) in [6.07, 6.45) is 0.937. The van der Waals surface area contributed by atoms with Gasteiger partial charge in [0.15, 0.2) is 0 Å². The molecule has 0 radical (unpaired) electrons. The van der Waals surface area contributed by atoms with Crippen LogP contribution in [0.15, 0.2) is 59.5 Å². The van der Waals surface area contributed by atoms with Gasteiger partial charge in [-0.2, -0.15) is 4.31 Å². The van der Waals surface area contributed by atoms with Crippen molar-refractivity contribution in [2.75, 3.05) is 46.4 Å². The first-order valence-electron chi connectivity index (χ1n) is 9.25. The van der Waals surface area contributed by atoms with E-state index < -0.39 is 10.0 Å². The molecule has 3 rings (SSSR count). The summed E-state index contributed by atoms with van der Waals surface area (Å²) in [5.74, 6) is 1.65. The number of piperazine rings is 1. The average molecular weight is 392 g/mol. The van der Waals surface area contributed by atoms with Crippen molar-refractivity contribution < 1.29 is 22.8 Å². The smallest absolute Gasteiger partial charge is 0.243 e. The fraction of sp³-hybridized carbons (Fsp3) is 0.400. The standard InChI is InChI=1S/C20H26N2O4S/c1-25-18-8-10-19(11-9-18)26-17-5-12-21-13-15-22(16-14-21)27(23,24)20-6-3-2-4-7-20/h2-4,6-11H,5,12-17H2,1H3/p+1. The zero-order valence-corrected chi connectivity index (χ0v) is 16.5. The van der Waals surface area contributed by atoms with Crippen molar-refractivity contribution in [1.82, 2.24) is 4.31 Å². The molecule has 0 spiro atoms. The fourth-order valence-electron chi connectivity index (χ4n) is 3.22. The third-order valence-corrected chi connectivity index (χ3v) is 6.73. The van der Waals surface area contributed by atoms with E-state index in [1.807, 2.05) is 30.3 Å². The Balaban J connectivity index is 1.39. The Morgan fingerprint density at radius 3 is 2.22 bits per heavy atom. The Labute approximate surface area is 161 Å². The molecule has 0 bridgehead atoms. The normalized spacial score (nSPS) is 16.2. The van der Waals surface area contributed by atoms with Crippen LogP contribution < -0.4 is 14.4 Å². The predicted molar refractivity (Wildman–Crippen MR) is 104 cm³/mol. The van der Waals surface area contributed by atoms with Crippen molar-refractivity contribution in [1.29, 1.82) is 0 Å². The largest absolute Gasteiger partial charge is 0.497 e. The minimum Gasteiger partial charge on any atom is -0.497 e. The quantitative estimate of drug-likeness (QED) is 0.684. The first kappa shape index (κ1) is 19.7. The number of methoxy groups -OCH3 is 1. The Hall–Kier alpha value is -2.09. The number of rotatable bonds is 8. The first-order chi connectivity index (χ1) is 13.1. The maximum Gasteiger partial charge on any atom is 0.243 e. The van der Waals surface area contributed by atoms with Gasteiger partial charge in [-0.15, -0.1) is 0 Å². The number of ether oxygens (including phenoxy) is 2. The molecule has 0 unspecified atom stereocenters. The summed E-state index contributed by atoms with van der Waals surface area (Å²) < 4.78 is 37.8. The number of nitrogens with one attached hydrogen (secondary N) is 1. The Morgan fingerprint density at radius 1 is 0.963 bits per heavy atom. The molecule has 1 aliphatic heterocycles. The van der Waals surface area contributed by atoms with Gasteiger partial charge >= 0.3 is 0 Å².